The minimum absolute atomic E-state index is 0.0209. The van der Waals surface area contributed by atoms with Crippen LogP contribution in [0.5, 0.6) is 0 Å². The molecule has 0 saturated heterocycles. The second kappa shape index (κ2) is 7.51. The molecule has 2 atom stereocenters. The van der Waals surface area contributed by atoms with Gasteiger partial charge in [0.25, 0.3) is 0 Å². The van der Waals surface area contributed by atoms with Crippen LogP contribution in [-0.4, -0.2) is 36.5 Å². The lowest BCUT2D eigenvalue weighted by Gasteiger charge is -2.20. The van der Waals surface area contributed by atoms with Crippen molar-refractivity contribution >= 4 is 0 Å². The number of methoxy groups -OCH3 is 2. The summed E-state index contributed by atoms with van der Waals surface area (Å²) in [5.41, 5.74) is 7.26. The average molecular weight is 255 g/mol. The molecule has 0 amide bonds. The zero-order chi connectivity index (χ0) is 13.5. The van der Waals surface area contributed by atoms with E-state index in [2.05, 4.69) is 23.4 Å². The molecule has 0 aliphatic heterocycles. The maximum absolute atomic E-state index is 6.20. The van der Waals surface area contributed by atoms with Crippen LogP contribution < -0.4 is 5.73 Å². The van der Waals surface area contributed by atoms with Crippen molar-refractivity contribution in [3.05, 3.63) is 18.2 Å². The topological polar surface area (TPSA) is 62.3 Å². The zero-order valence-electron chi connectivity index (χ0n) is 11.8. The van der Waals surface area contributed by atoms with Gasteiger partial charge in [-0.3, -0.25) is 0 Å². The van der Waals surface area contributed by atoms with Crippen molar-refractivity contribution in [3.63, 3.8) is 0 Å². The van der Waals surface area contributed by atoms with Crippen LogP contribution in [0.2, 0.25) is 0 Å². The number of nitrogens with two attached hydrogens (primary N) is 1. The molecule has 2 unspecified atom stereocenters. The molecule has 0 saturated carbocycles. The summed E-state index contributed by atoms with van der Waals surface area (Å²) in [4.78, 5) is 4.18. The molecule has 0 aromatic carbocycles. The second-order valence-corrected chi connectivity index (χ2v) is 5.02. The summed E-state index contributed by atoms with van der Waals surface area (Å²) in [6, 6.07) is 0.0209. The predicted molar refractivity (Wildman–Crippen MR) is 71.3 cm³/mol. The van der Waals surface area contributed by atoms with Gasteiger partial charge in [0.1, 0.15) is 0 Å². The lowest BCUT2D eigenvalue weighted by molar-refractivity contribution is 0.0177. The highest BCUT2D eigenvalue weighted by Gasteiger charge is 2.16. The number of hydrogen-bond donors (Lipinski definition) is 1. The highest BCUT2D eigenvalue weighted by Crippen LogP contribution is 2.18. The van der Waals surface area contributed by atoms with Gasteiger partial charge in [-0.2, -0.15) is 0 Å². The second-order valence-electron chi connectivity index (χ2n) is 5.02. The largest absolute Gasteiger partial charge is 0.382 e. The van der Waals surface area contributed by atoms with Crippen molar-refractivity contribution in [2.45, 2.75) is 39.0 Å². The van der Waals surface area contributed by atoms with Crippen LogP contribution in [0.3, 0.4) is 0 Å². The van der Waals surface area contributed by atoms with Crippen LogP contribution >= 0.6 is 0 Å². The first-order valence-corrected chi connectivity index (χ1v) is 6.35. The van der Waals surface area contributed by atoms with Gasteiger partial charge in [-0.1, -0.05) is 13.8 Å². The quantitative estimate of drug-likeness (QED) is 0.766. The Kier molecular flexibility index (Phi) is 6.32. The monoisotopic (exact) mass is 255 g/mol. The van der Waals surface area contributed by atoms with Crippen LogP contribution in [-0.2, 0) is 16.0 Å². The molecule has 0 spiro atoms. The summed E-state index contributed by atoms with van der Waals surface area (Å²) in [6.07, 6.45) is 4.62. The van der Waals surface area contributed by atoms with Crippen molar-refractivity contribution in [1.82, 2.24) is 9.55 Å². The van der Waals surface area contributed by atoms with E-state index < -0.39 is 0 Å². The number of ether oxygens (including phenoxy) is 2. The smallest absolute Gasteiger partial charge is 0.0983 e. The molecule has 5 nitrogen and oxygen atoms in total. The number of aromatic nitrogens is 2. The molecule has 2 N–H and O–H groups in total. The van der Waals surface area contributed by atoms with Gasteiger partial charge < -0.3 is 19.8 Å². The molecule has 0 fully saturated rings. The zero-order valence-corrected chi connectivity index (χ0v) is 11.8. The van der Waals surface area contributed by atoms with Gasteiger partial charge >= 0.3 is 0 Å². The Morgan fingerprint density at radius 2 is 2.11 bits per heavy atom. The van der Waals surface area contributed by atoms with Crippen molar-refractivity contribution < 1.29 is 9.47 Å². The molecular formula is C13H25N3O2. The molecule has 1 aromatic heterocycles. The average Bonchev–Trinajstić information content (AvgIpc) is 2.75. The van der Waals surface area contributed by atoms with Crippen molar-refractivity contribution in [2.24, 2.45) is 11.7 Å². The minimum atomic E-state index is 0.0209. The lowest BCUT2D eigenvalue weighted by Crippen LogP contribution is -2.26. The Hall–Kier alpha value is -0.910. The Balaban J connectivity index is 2.69. The maximum Gasteiger partial charge on any atom is 0.0983 e. The summed E-state index contributed by atoms with van der Waals surface area (Å²) >= 11 is 0. The summed E-state index contributed by atoms with van der Waals surface area (Å²) in [7, 11) is 3.36. The molecule has 1 heterocycles. The highest BCUT2D eigenvalue weighted by atomic mass is 16.5. The summed E-state index contributed by atoms with van der Waals surface area (Å²) in [5.74, 6) is 0.570. The number of hydrogen-bond acceptors (Lipinski definition) is 4. The van der Waals surface area contributed by atoms with Gasteiger partial charge in [-0.05, 0) is 12.3 Å². The SMILES string of the molecule is COCC(Cn1cncc1C(N)CC(C)C)OC. The fraction of sp³-hybridized carbons (Fsp3) is 0.769. The van der Waals surface area contributed by atoms with E-state index in [-0.39, 0.29) is 12.1 Å². The first kappa shape index (κ1) is 15.1. The standard InChI is InChI=1S/C13H25N3O2/c1-10(2)5-12(14)13-6-15-9-16(13)7-11(18-4)8-17-3/h6,9-12H,5,7-8,14H2,1-4H3. The van der Waals surface area contributed by atoms with Crippen molar-refractivity contribution in [2.75, 3.05) is 20.8 Å². The highest BCUT2D eigenvalue weighted by molar-refractivity contribution is 5.05. The van der Waals surface area contributed by atoms with Crippen LogP contribution in [0, 0.1) is 5.92 Å². The third kappa shape index (κ3) is 4.40. The van der Waals surface area contributed by atoms with Gasteiger partial charge in [0.15, 0.2) is 0 Å². The van der Waals surface area contributed by atoms with E-state index >= 15 is 0 Å². The lowest BCUT2D eigenvalue weighted by atomic mass is 10.0. The van der Waals surface area contributed by atoms with E-state index in [1.54, 1.807) is 20.5 Å². The Morgan fingerprint density at radius 1 is 1.39 bits per heavy atom. The molecule has 1 rings (SSSR count). The molecule has 0 aliphatic carbocycles. The molecule has 5 heteroatoms. The summed E-state index contributed by atoms with van der Waals surface area (Å²) in [5, 5.41) is 0. The third-order valence-electron chi connectivity index (χ3n) is 2.94. The van der Waals surface area contributed by atoms with E-state index in [0.717, 1.165) is 12.1 Å². The van der Waals surface area contributed by atoms with Crippen molar-refractivity contribution in [1.29, 1.82) is 0 Å². The van der Waals surface area contributed by atoms with E-state index in [9.17, 15) is 0 Å². The molecule has 18 heavy (non-hydrogen) atoms. The van der Waals surface area contributed by atoms with Crippen LogP contribution in [0.4, 0.5) is 0 Å². The summed E-state index contributed by atoms with van der Waals surface area (Å²) in [6.45, 7) is 5.62. The predicted octanol–water partition coefficient (Wildman–Crippen LogP) is 1.59. The maximum atomic E-state index is 6.20. The van der Waals surface area contributed by atoms with Crippen LogP contribution in [0.15, 0.2) is 12.5 Å². The molecular weight excluding hydrogens is 230 g/mol. The van der Waals surface area contributed by atoms with E-state index in [1.165, 1.54) is 0 Å². The molecule has 0 aliphatic rings. The Labute approximate surface area is 109 Å². The normalized spacial score (nSPS) is 15.0. The Morgan fingerprint density at radius 3 is 2.67 bits per heavy atom. The van der Waals surface area contributed by atoms with E-state index in [1.807, 2.05) is 6.20 Å². The van der Waals surface area contributed by atoms with Gasteiger partial charge in [-0.25, -0.2) is 4.98 Å². The van der Waals surface area contributed by atoms with Crippen molar-refractivity contribution in [3.8, 4) is 0 Å². The van der Waals surface area contributed by atoms with Crippen LogP contribution in [0.25, 0.3) is 0 Å². The third-order valence-corrected chi connectivity index (χ3v) is 2.94. The fourth-order valence-electron chi connectivity index (χ4n) is 2.02. The van der Waals surface area contributed by atoms with Gasteiger partial charge in [0.2, 0.25) is 0 Å². The molecule has 104 valence electrons. The van der Waals surface area contributed by atoms with Gasteiger partial charge in [-0.15, -0.1) is 0 Å². The van der Waals surface area contributed by atoms with E-state index in [0.29, 0.717) is 19.1 Å². The van der Waals surface area contributed by atoms with E-state index in [4.69, 9.17) is 15.2 Å². The summed E-state index contributed by atoms with van der Waals surface area (Å²) < 4.78 is 12.5. The number of imidazole rings is 1. The minimum Gasteiger partial charge on any atom is -0.382 e. The van der Waals surface area contributed by atoms with Gasteiger partial charge in [0.05, 0.1) is 31.3 Å². The first-order valence-electron chi connectivity index (χ1n) is 6.35. The number of rotatable bonds is 8. The molecule has 1 aromatic rings. The van der Waals surface area contributed by atoms with Gasteiger partial charge in [0, 0.05) is 26.5 Å². The molecule has 0 bridgehead atoms. The Bertz CT molecular complexity index is 339. The number of nitrogens with zero attached hydrogens (tertiary/aromatic N) is 2. The fourth-order valence-corrected chi connectivity index (χ4v) is 2.02. The molecule has 0 radical (unpaired) electrons. The first-order chi connectivity index (χ1) is 8.58. The van der Waals surface area contributed by atoms with Crippen LogP contribution in [0.1, 0.15) is 32.0 Å².